The van der Waals surface area contributed by atoms with Crippen molar-refractivity contribution < 1.29 is 24.2 Å². The fourth-order valence-electron chi connectivity index (χ4n) is 4.38. The second-order valence-electron chi connectivity index (χ2n) is 9.34. The number of amides is 3. The first kappa shape index (κ1) is 26.5. The second-order valence-corrected chi connectivity index (χ2v) is 10.2. The zero-order chi connectivity index (χ0) is 25.5. The molecule has 0 spiro atoms. The summed E-state index contributed by atoms with van der Waals surface area (Å²) in [6, 6.07) is 12.8. The minimum absolute atomic E-state index is 0.117. The zero-order valence-corrected chi connectivity index (χ0v) is 21.6. The Labute approximate surface area is 221 Å². The van der Waals surface area contributed by atoms with Gasteiger partial charge in [0.05, 0.1) is 22.3 Å². The van der Waals surface area contributed by atoms with Gasteiger partial charge in [-0.2, -0.15) is 0 Å². The number of carbonyl (C=O) groups excluding carboxylic acids is 2. The van der Waals surface area contributed by atoms with Crippen LogP contribution in [-0.4, -0.2) is 71.8 Å². The molecule has 4 rings (SSSR count). The van der Waals surface area contributed by atoms with Gasteiger partial charge in [-0.3, -0.25) is 15.0 Å². The number of nitrogens with one attached hydrogen (secondary N) is 1. The molecule has 194 valence electrons. The van der Waals surface area contributed by atoms with E-state index in [1.807, 2.05) is 24.3 Å². The molecule has 2 aromatic rings. The molecule has 2 aromatic carbocycles. The highest BCUT2D eigenvalue weighted by Gasteiger charge is 2.31. The Morgan fingerprint density at radius 1 is 0.972 bits per heavy atom. The number of likely N-dealkylation sites (tertiary alicyclic amines) is 1. The molecule has 10 heteroatoms. The number of urea groups is 1. The van der Waals surface area contributed by atoms with Crippen molar-refractivity contribution in [2.45, 2.75) is 37.8 Å². The first-order valence-electron chi connectivity index (χ1n) is 12.1. The summed E-state index contributed by atoms with van der Waals surface area (Å²) in [5.74, 6) is 1.10. The first-order chi connectivity index (χ1) is 17.3. The molecule has 2 aliphatic heterocycles. The number of aliphatic hydroxyl groups is 1. The van der Waals surface area contributed by atoms with Crippen molar-refractivity contribution in [2.75, 3.05) is 39.4 Å². The molecule has 0 aliphatic carbocycles. The molecule has 0 saturated carbocycles. The van der Waals surface area contributed by atoms with Crippen LogP contribution in [0.15, 0.2) is 42.5 Å². The number of hydrogen-bond donors (Lipinski definition) is 2. The molecular formula is C26H31Cl2N3O5. The Balaban J connectivity index is 1.18. The van der Waals surface area contributed by atoms with Crippen LogP contribution in [0.1, 0.15) is 31.2 Å². The summed E-state index contributed by atoms with van der Waals surface area (Å²) in [6.45, 7) is 3.74. The van der Waals surface area contributed by atoms with Gasteiger partial charge in [-0.1, -0.05) is 35.3 Å². The third kappa shape index (κ3) is 7.49. The van der Waals surface area contributed by atoms with Gasteiger partial charge in [-0.05, 0) is 62.1 Å². The van der Waals surface area contributed by atoms with Crippen LogP contribution >= 0.6 is 23.2 Å². The summed E-state index contributed by atoms with van der Waals surface area (Å²) >= 11 is 12.0. The summed E-state index contributed by atoms with van der Waals surface area (Å²) in [7, 11) is 0. The molecule has 1 atom stereocenters. The zero-order valence-electron chi connectivity index (χ0n) is 20.1. The molecule has 0 aromatic heterocycles. The van der Waals surface area contributed by atoms with E-state index in [-0.39, 0.29) is 25.1 Å². The van der Waals surface area contributed by atoms with E-state index in [0.29, 0.717) is 48.2 Å². The molecule has 1 unspecified atom stereocenters. The molecule has 36 heavy (non-hydrogen) atoms. The highest BCUT2D eigenvalue weighted by atomic mass is 35.5. The largest absolute Gasteiger partial charge is 0.494 e. The number of rotatable bonds is 10. The first-order valence-corrected chi connectivity index (χ1v) is 12.9. The predicted octanol–water partition coefficient (Wildman–Crippen LogP) is 4.11. The van der Waals surface area contributed by atoms with E-state index < -0.39 is 5.60 Å². The van der Waals surface area contributed by atoms with Gasteiger partial charge < -0.3 is 19.5 Å². The summed E-state index contributed by atoms with van der Waals surface area (Å²) in [5, 5.41) is 14.3. The lowest BCUT2D eigenvalue weighted by Gasteiger charge is -2.27. The van der Waals surface area contributed by atoms with Crippen LogP contribution < -0.4 is 14.8 Å². The lowest BCUT2D eigenvalue weighted by atomic mass is 9.96. The van der Waals surface area contributed by atoms with Crippen LogP contribution in [0.2, 0.25) is 10.0 Å². The van der Waals surface area contributed by atoms with Gasteiger partial charge in [0.1, 0.15) is 24.7 Å². The van der Waals surface area contributed by atoms with Gasteiger partial charge in [0, 0.05) is 25.7 Å². The maximum Gasteiger partial charge on any atom is 0.324 e. The summed E-state index contributed by atoms with van der Waals surface area (Å²) < 4.78 is 11.6. The molecule has 0 radical (unpaired) electrons. The molecule has 2 heterocycles. The summed E-state index contributed by atoms with van der Waals surface area (Å²) in [5.41, 5.74) is 0.286. The maximum absolute atomic E-state index is 11.5. The maximum atomic E-state index is 11.5. The number of ether oxygens (including phenoxy) is 2. The average molecular weight is 536 g/mol. The third-order valence-electron chi connectivity index (χ3n) is 6.45. The normalized spacial score (nSPS) is 20.8. The number of nitrogens with zero attached hydrogens (tertiary/aromatic N) is 2. The molecule has 2 fully saturated rings. The molecule has 8 nitrogen and oxygen atoms in total. The molecule has 2 aliphatic rings. The van der Waals surface area contributed by atoms with E-state index >= 15 is 0 Å². The molecule has 2 N–H and O–H groups in total. The highest BCUT2D eigenvalue weighted by Crippen LogP contribution is 2.29. The average Bonchev–Trinajstić information content (AvgIpc) is 3.06. The van der Waals surface area contributed by atoms with Gasteiger partial charge in [0.2, 0.25) is 5.91 Å². The van der Waals surface area contributed by atoms with Crippen molar-refractivity contribution >= 4 is 35.1 Å². The van der Waals surface area contributed by atoms with E-state index in [2.05, 4.69) is 10.2 Å². The topological polar surface area (TPSA) is 91.3 Å². The lowest BCUT2D eigenvalue weighted by Crippen LogP contribution is -2.37. The van der Waals surface area contributed by atoms with Gasteiger partial charge >= 0.3 is 6.03 Å². The summed E-state index contributed by atoms with van der Waals surface area (Å²) in [4.78, 5) is 26.6. The second kappa shape index (κ2) is 12.1. The van der Waals surface area contributed by atoms with Crippen molar-refractivity contribution in [1.29, 1.82) is 0 Å². The van der Waals surface area contributed by atoms with Crippen LogP contribution in [0.5, 0.6) is 11.5 Å². The standard InChI is InChI=1S/C26H31Cl2N3O5/c27-22-8-7-21(15-23(22)28)36-18-26(34)9-1-11-30(13-10-26)16-19-3-5-20(6-4-19)35-14-2-12-31-17-24(32)29-25(31)33/h3-8,15,34H,1-2,9-14,16-18H2,(H,29,32,33). The van der Waals surface area contributed by atoms with Crippen molar-refractivity contribution in [3.05, 3.63) is 58.1 Å². The Kier molecular flexibility index (Phi) is 8.95. The van der Waals surface area contributed by atoms with Crippen molar-refractivity contribution in [3.8, 4) is 11.5 Å². The molecule has 3 amide bonds. The van der Waals surface area contributed by atoms with Crippen molar-refractivity contribution in [2.24, 2.45) is 0 Å². The lowest BCUT2D eigenvalue weighted by molar-refractivity contribution is -0.118. The Hall–Kier alpha value is -2.52. The van der Waals surface area contributed by atoms with Crippen molar-refractivity contribution in [3.63, 3.8) is 0 Å². The fraction of sp³-hybridized carbons (Fsp3) is 0.462. The van der Waals surface area contributed by atoms with Crippen LogP contribution in [0.25, 0.3) is 0 Å². The highest BCUT2D eigenvalue weighted by molar-refractivity contribution is 6.42. The van der Waals surface area contributed by atoms with Gasteiger partial charge in [0.15, 0.2) is 0 Å². The van der Waals surface area contributed by atoms with Gasteiger partial charge in [0.25, 0.3) is 0 Å². The van der Waals surface area contributed by atoms with Crippen molar-refractivity contribution in [1.82, 2.24) is 15.1 Å². The number of imide groups is 1. The van der Waals surface area contributed by atoms with Gasteiger partial charge in [-0.15, -0.1) is 0 Å². The SMILES string of the molecule is O=C1CN(CCCOc2ccc(CN3CCCC(O)(COc4ccc(Cl)c(Cl)c4)CC3)cc2)C(=O)N1. The smallest absolute Gasteiger partial charge is 0.324 e. The van der Waals surface area contributed by atoms with E-state index in [1.54, 1.807) is 18.2 Å². The molecular weight excluding hydrogens is 505 g/mol. The van der Waals surface area contributed by atoms with E-state index in [4.69, 9.17) is 32.7 Å². The summed E-state index contributed by atoms with van der Waals surface area (Å²) in [6.07, 6.45) is 2.82. The quantitative estimate of drug-likeness (QED) is 0.351. The van der Waals surface area contributed by atoms with Crippen LogP contribution in [0, 0.1) is 0 Å². The monoisotopic (exact) mass is 535 g/mol. The minimum Gasteiger partial charge on any atom is -0.494 e. The predicted molar refractivity (Wildman–Crippen MR) is 138 cm³/mol. The van der Waals surface area contributed by atoms with Gasteiger partial charge in [-0.25, -0.2) is 4.79 Å². The molecule has 2 saturated heterocycles. The van der Waals surface area contributed by atoms with E-state index in [9.17, 15) is 14.7 Å². The number of carbonyl (C=O) groups is 2. The fourth-order valence-corrected chi connectivity index (χ4v) is 4.67. The number of benzene rings is 2. The number of halogens is 2. The van der Waals surface area contributed by atoms with Crippen LogP contribution in [0.4, 0.5) is 4.79 Å². The van der Waals surface area contributed by atoms with E-state index in [0.717, 1.165) is 31.8 Å². The Bertz CT molecular complexity index is 1070. The molecule has 0 bridgehead atoms. The number of hydrogen-bond acceptors (Lipinski definition) is 6. The van der Waals surface area contributed by atoms with E-state index in [1.165, 1.54) is 10.5 Å². The minimum atomic E-state index is -0.887. The van der Waals surface area contributed by atoms with Crippen LogP contribution in [0.3, 0.4) is 0 Å². The Morgan fingerprint density at radius 3 is 2.47 bits per heavy atom. The third-order valence-corrected chi connectivity index (χ3v) is 7.19. The van der Waals surface area contributed by atoms with Crippen LogP contribution in [-0.2, 0) is 11.3 Å². The Morgan fingerprint density at radius 2 is 1.75 bits per heavy atom.